The van der Waals surface area contributed by atoms with E-state index >= 15 is 0 Å². The Bertz CT molecular complexity index is 228. The van der Waals surface area contributed by atoms with Gasteiger partial charge < -0.3 is 9.52 Å². The van der Waals surface area contributed by atoms with Crippen LogP contribution in [0.2, 0.25) is 0 Å². The second kappa shape index (κ2) is 3.31. The largest absolute Gasteiger partial charge is 0.469 e. The van der Waals surface area contributed by atoms with E-state index < -0.39 is 0 Å². The van der Waals surface area contributed by atoms with Gasteiger partial charge in [0, 0.05) is 5.92 Å². The number of hydrogen-bond donors (Lipinski definition) is 1. The Morgan fingerprint density at radius 3 is 2.83 bits per heavy atom. The molecule has 0 spiro atoms. The van der Waals surface area contributed by atoms with Gasteiger partial charge in [-0.15, -0.1) is 0 Å². The lowest BCUT2D eigenvalue weighted by Crippen LogP contribution is -2.21. The number of aliphatic hydroxyl groups is 1. The summed E-state index contributed by atoms with van der Waals surface area (Å²) >= 11 is 0. The lowest BCUT2D eigenvalue weighted by Gasteiger charge is -2.25. The lowest BCUT2D eigenvalue weighted by atomic mass is 9.85. The van der Waals surface area contributed by atoms with E-state index in [1.165, 1.54) is 6.42 Å². The molecule has 0 saturated heterocycles. The standard InChI is InChI=1S/C10H14O2/c11-9-5-2-1-4-8(9)10-6-3-7-12-10/h3,6-9,11H,1-2,4-5H2/t8-,9+/m1/s1. The first-order valence-corrected chi connectivity index (χ1v) is 4.59. The van der Waals surface area contributed by atoms with Crippen LogP contribution in [0.15, 0.2) is 22.8 Å². The summed E-state index contributed by atoms with van der Waals surface area (Å²) < 4.78 is 5.28. The summed E-state index contributed by atoms with van der Waals surface area (Å²) in [5.41, 5.74) is 0. The van der Waals surface area contributed by atoms with Crippen molar-refractivity contribution < 1.29 is 9.52 Å². The minimum atomic E-state index is -0.190. The van der Waals surface area contributed by atoms with Gasteiger partial charge in [0.1, 0.15) is 5.76 Å². The molecule has 0 bridgehead atoms. The highest BCUT2D eigenvalue weighted by Crippen LogP contribution is 2.32. The zero-order valence-electron chi connectivity index (χ0n) is 7.07. The molecule has 0 aliphatic heterocycles. The Kier molecular flexibility index (Phi) is 2.17. The molecule has 66 valence electrons. The molecule has 0 radical (unpaired) electrons. The molecule has 0 aromatic carbocycles. The summed E-state index contributed by atoms with van der Waals surface area (Å²) in [6.07, 6.45) is 5.84. The summed E-state index contributed by atoms with van der Waals surface area (Å²) in [4.78, 5) is 0. The fraction of sp³-hybridized carbons (Fsp3) is 0.600. The molecule has 1 aliphatic rings. The van der Waals surface area contributed by atoms with Crippen LogP contribution in [0.5, 0.6) is 0 Å². The molecule has 1 aromatic heterocycles. The molecule has 2 nitrogen and oxygen atoms in total. The van der Waals surface area contributed by atoms with Crippen molar-refractivity contribution in [3.05, 3.63) is 24.2 Å². The van der Waals surface area contributed by atoms with E-state index in [1.807, 2.05) is 12.1 Å². The number of aliphatic hydroxyl groups excluding tert-OH is 1. The average molecular weight is 166 g/mol. The van der Waals surface area contributed by atoms with Crippen molar-refractivity contribution >= 4 is 0 Å². The van der Waals surface area contributed by atoms with Crippen LogP contribution in [0.1, 0.15) is 37.4 Å². The Labute approximate surface area is 72.2 Å². The highest BCUT2D eigenvalue weighted by Gasteiger charge is 2.26. The van der Waals surface area contributed by atoms with Gasteiger partial charge in [-0.25, -0.2) is 0 Å². The third-order valence-electron chi connectivity index (χ3n) is 2.64. The smallest absolute Gasteiger partial charge is 0.109 e. The highest BCUT2D eigenvalue weighted by atomic mass is 16.3. The van der Waals surface area contributed by atoms with Gasteiger partial charge >= 0.3 is 0 Å². The van der Waals surface area contributed by atoms with Crippen molar-refractivity contribution in [2.24, 2.45) is 0 Å². The first kappa shape index (κ1) is 7.87. The Morgan fingerprint density at radius 2 is 2.17 bits per heavy atom. The van der Waals surface area contributed by atoms with E-state index in [0.29, 0.717) is 0 Å². The Hall–Kier alpha value is -0.760. The molecule has 2 atom stereocenters. The van der Waals surface area contributed by atoms with Crippen LogP contribution in [-0.2, 0) is 0 Å². The molecule has 1 heterocycles. The third-order valence-corrected chi connectivity index (χ3v) is 2.64. The molecule has 1 aliphatic carbocycles. The number of hydrogen-bond acceptors (Lipinski definition) is 2. The third kappa shape index (κ3) is 1.39. The van der Waals surface area contributed by atoms with Crippen LogP contribution in [-0.4, -0.2) is 11.2 Å². The summed E-state index contributed by atoms with van der Waals surface area (Å²) in [6, 6.07) is 3.84. The van der Waals surface area contributed by atoms with Gasteiger partial charge in [0.15, 0.2) is 0 Å². The zero-order chi connectivity index (χ0) is 8.39. The molecular formula is C10H14O2. The van der Waals surface area contributed by atoms with E-state index in [9.17, 15) is 5.11 Å². The zero-order valence-corrected chi connectivity index (χ0v) is 7.07. The van der Waals surface area contributed by atoms with Crippen molar-refractivity contribution in [2.75, 3.05) is 0 Å². The van der Waals surface area contributed by atoms with Crippen molar-refractivity contribution in [2.45, 2.75) is 37.7 Å². The summed E-state index contributed by atoms with van der Waals surface area (Å²) in [6.45, 7) is 0. The fourth-order valence-electron chi connectivity index (χ4n) is 1.95. The van der Waals surface area contributed by atoms with Gasteiger partial charge in [0.25, 0.3) is 0 Å². The molecular weight excluding hydrogens is 152 g/mol. The van der Waals surface area contributed by atoms with Gasteiger partial charge in [-0.1, -0.05) is 12.8 Å². The van der Waals surface area contributed by atoms with Gasteiger partial charge in [-0.3, -0.25) is 0 Å². The Morgan fingerprint density at radius 1 is 1.33 bits per heavy atom. The molecule has 0 amide bonds. The maximum Gasteiger partial charge on any atom is 0.109 e. The van der Waals surface area contributed by atoms with Crippen molar-refractivity contribution in [1.29, 1.82) is 0 Å². The van der Waals surface area contributed by atoms with Crippen molar-refractivity contribution in [1.82, 2.24) is 0 Å². The van der Waals surface area contributed by atoms with Crippen LogP contribution >= 0.6 is 0 Å². The molecule has 12 heavy (non-hydrogen) atoms. The van der Waals surface area contributed by atoms with E-state index in [-0.39, 0.29) is 12.0 Å². The second-order valence-electron chi connectivity index (χ2n) is 3.47. The Balaban J connectivity index is 2.11. The summed E-state index contributed by atoms with van der Waals surface area (Å²) in [7, 11) is 0. The maximum atomic E-state index is 9.68. The fourth-order valence-corrected chi connectivity index (χ4v) is 1.95. The SMILES string of the molecule is O[C@H]1CCCC[C@H]1c1ccco1. The first-order valence-electron chi connectivity index (χ1n) is 4.59. The molecule has 2 heteroatoms. The quantitative estimate of drug-likeness (QED) is 0.694. The first-order chi connectivity index (χ1) is 5.88. The van der Waals surface area contributed by atoms with Crippen LogP contribution in [0, 0.1) is 0 Å². The van der Waals surface area contributed by atoms with Crippen LogP contribution in [0.3, 0.4) is 0 Å². The maximum absolute atomic E-state index is 9.68. The second-order valence-corrected chi connectivity index (χ2v) is 3.47. The molecule has 1 saturated carbocycles. The number of furan rings is 1. The monoisotopic (exact) mass is 166 g/mol. The van der Waals surface area contributed by atoms with Crippen LogP contribution in [0.4, 0.5) is 0 Å². The van der Waals surface area contributed by atoms with Gasteiger partial charge in [0.2, 0.25) is 0 Å². The topological polar surface area (TPSA) is 33.4 Å². The van der Waals surface area contributed by atoms with E-state index in [4.69, 9.17) is 4.42 Å². The molecule has 0 unspecified atom stereocenters. The van der Waals surface area contributed by atoms with E-state index in [1.54, 1.807) is 6.26 Å². The minimum absolute atomic E-state index is 0.190. The molecule has 2 rings (SSSR count). The lowest BCUT2D eigenvalue weighted by molar-refractivity contribution is 0.0965. The van der Waals surface area contributed by atoms with Crippen LogP contribution < -0.4 is 0 Å². The summed E-state index contributed by atoms with van der Waals surface area (Å²) in [5.74, 6) is 1.19. The van der Waals surface area contributed by atoms with Gasteiger partial charge in [-0.2, -0.15) is 0 Å². The summed E-state index contributed by atoms with van der Waals surface area (Å²) in [5, 5.41) is 9.68. The molecule has 1 fully saturated rings. The van der Waals surface area contributed by atoms with E-state index in [2.05, 4.69) is 0 Å². The van der Waals surface area contributed by atoms with Crippen molar-refractivity contribution in [3.63, 3.8) is 0 Å². The molecule has 1 aromatic rings. The van der Waals surface area contributed by atoms with Crippen molar-refractivity contribution in [3.8, 4) is 0 Å². The number of rotatable bonds is 1. The van der Waals surface area contributed by atoms with Gasteiger partial charge in [0.05, 0.1) is 12.4 Å². The highest BCUT2D eigenvalue weighted by molar-refractivity contribution is 5.08. The minimum Gasteiger partial charge on any atom is -0.469 e. The molecule has 1 N–H and O–H groups in total. The predicted molar refractivity (Wildman–Crippen MR) is 45.9 cm³/mol. The predicted octanol–water partition coefficient (Wildman–Crippen LogP) is 2.30. The van der Waals surface area contributed by atoms with E-state index in [0.717, 1.165) is 25.0 Å². The normalized spacial score (nSPS) is 30.4. The average Bonchev–Trinajstić information content (AvgIpc) is 2.57. The van der Waals surface area contributed by atoms with Gasteiger partial charge in [-0.05, 0) is 25.0 Å². The van der Waals surface area contributed by atoms with Crippen LogP contribution in [0.25, 0.3) is 0 Å².